The Kier molecular flexibility index (Phi) is 6.51. The Morgan fingerprint density at radius 3 is 2.66 bits per heavy atom. The number of aromatic nitrogens is 4. The van der Waals surface area contributed by atoms with Crippen LogP contribution in [-0.2, 0) is 4.79 Å². The first-order valence-corrected chi connectivity index (χ1v) is 10.1. The van der Waals surface area contributed by atoms with E-state index in [1.165, 1.54) is 0 Å². The molecule has 0 radical (unpaired) electrons. The highest BCUT2D eigenvalue weighted by Gasteiger charge is 2.14. The van der Waals surface area contributed by atoms with Crippen molar-refractivity contribution in [3.63, 3.8) is 0 Å². The molecular formula is C21H30N6O2. The number of carbonyl (C=O) groups excluding carboxylic acids is 1. The zero-order valence-electron chi connectivity index (χ0n) is 17.9. The fourth-order valence-corrected chi connectivity index (χ4v) is 3.37. The average Bonchev–Trinajstić information content (AvgIpc) is 3.06. The van der Waals surface area contributed by atoms with Crippen LogP contribution in [0.15, 0.2) is 12.1 Å². The quantitative estimate of drug-likeness (QED) is 0.538. The van der Waals surface area contributed by atoms with Gasteiger partial charge in [-0.2, -0.15) is 0 Å². The second-order valence-electron chi connectivity index (χ2n) is 7.76. The summed E-state index contributed by atoms with van der Waals surface area (Å²) < 4.78 is 7.47. The first kappa shape index (κ1) is 20.8. The second kappa shape index (κ2) is 9.07. The third-order valence-electron chi connectivity index (χ3n) is 4.81. The van der Waals surface area contributed by atoms with E-state index in [-0.39, 0.29) is 5.91 Å². The highest BCUT2D eigenvalue weighted by atomic mass is 16.5. The van der Waals surface area contributed by atoms with Gasteiger partial charge in [0.25, 0.3) is 0 Å². The Labute approximate surface area is 171 Å². The number of unbranched alkanes of at least 4 members (excludes halogenated alkanes) is 1. The number of anilines is 1. The minimum atomic E-state index is 0.119. The number of aryl methyl sites for hydroxylation is 2. The van der Waals surface area contributed by atoms with Gasteiger partial charge in [0.15, 0.2) is 5.82 Å². The van der Waals surface area contributed by atoms with E-state index < -0.39 is 0 Å². The highest BCUT2D eigenvalue weighted by molar-refractivity contribution is 5.85. The van der Waals surface area contributed by atoms with Crippen LogP contribution in [0.5, 0.6) is 5.75 Å². The fourth-order valence-electron chi connectivity index (χ4n) is 3.37. The molecule has 0 saturated carbocycles. The summed E-state index contributed by atoms with van der Waals surface area (Å²) in [5.74, 6) is 2.82. The standard InChI is InChI=1S/C21H30N6O2/c1-13(2)10-19(28)22-8-6-7-9-23-20-21-26-25-15(4)27(21)17-11-14(3)18(29-5)12-16(17)24-20/h11-13H,6-10H2,1-5H3,(H,22,28)(H,23,24). The fraction of sp³-hybridized carbons (Fsp3) is 0.524. The molecule has 0 fully saturated rings. The molecule has 1 aromatic carbocycles. The summed E-state index contributed by atoms with van der Waals surface area (Å²) in [6, 6.07) is 3.99. The molecule has 8 nitrogen and oxygen atoms in total. The molecule has 2 heterocycles. The van der Waals surface area contributed by atoms with Crippen LogP contribution in [0, 0.1) is 19.8 Å². The Hall–Kier alpha value is -2.90. The van der Waals surface area contributed by atoms with E-state index >= 15 is 0 Å². The SMILES string of the molecule is COc1cc2nc(NCCCCNC(=O)CC(C)C)c3nnc(C)n3c2cc1C. The van der Waals surface area contributed by atoms with Gasteiger partial charge in [0.1, 0.15) is 11.6 Å². The second-order valence-corrected chi connectivity index (χ2v) is 7.76. The van der Waals surface area contributed by atoms with Crippen molar-refractivity contribution in [2.45, 2.75) is 47.0 Å². The van der Waals surface area contributed by atoms with Gasteiger partial charge in [-0.25, -0.2) is 4.98 Å². The number of hydrogen-bond donors (Lipinski definition) is 2. The summed E-state index contributed by atoms with van der Waals surface area (Å²) in [6.07, 6.45) is 2.39. The third kappa shape index (κ3) is 4.75. The van der Waals surface area contributed by atoms with Crippen LogP contribution in [0.4, 0.5) is 5.82 Å². The first-order chi connectivity index (χ1) is 13.9. The molecular weight excluding hydrogens is 368 g/mol. The molecule has 0 atom stereocenters. The molecule has 3 rings (SSSR count). The van der Waals surface area contributed by atoms with E-state index in [2.05, 4.69) is 20.8 Å². The number of hydrogen-bond acceptors (Lipinski definition) is 6. The van der Waals surface area contributed by atoms with Gasteiger partial charge in [0, 0.05) is 25.6 Å². The van der Waals surface area contributed by atoms with Crippen LogP contribution < -0.4 is 15.4 Å². The lowest BCUT2D eigenvalue weighted by Gasteiger charge is -2.12. The Balaban J connectivity index is 1.69. The minimum absolute atomic E-state index is 0.119. The van der Waals surface area contributed by atoms with Gasteiger partial charge in [-0.15, -0.1) is 10.2 Å². The van der Waals surface area contributed by atoms with Gasteiger partial charge in [-0.05, 0) is 44.2 Å². The molecule has 3 aromatic rings. The van der Waals surface area contributed by atoms with Crippen molar-refractivity contribution in [3.8, 4) is 5.75 Å². The maximum atomic E-state index is 11.7. The molecule has 8 heteroatoms. The lowest BCUT2D eigenvalue weighted by atomic mass is 10.1. The minimum Gasteiger partial charge on any atom is -0.496 e. The summed E-state index contributed by atoms with van der Waals surface area (Å²) >= 11 is 0. The Morgan fingerprint density at radius 2 is 1.93 bits per heavy atom. The normalized spacial score (nSPS) is 11.4. The zero-order chi connectivity index (χ0) is 21.0. The summed E-state index contributed by atoms with van der Waals surface area (Å²) in [4.78, 5) is 16.5. The van der Waals surface area contributed by atoms with Gasteiger partial charge in [-0.3, -0.25) is 9.20 Å². The molecule has 2 aromatic heterocycles. The molecule has 0 saturated heterocycles. The molecule has 1 amide bonds. The molecule has 29 heavy (non-hydrogen) atoms. The third-order valence-corrected chi connectivity index (χ3v) is 4.81. The predicted molar refractivity (Wildman–Crippen MR) is 115 cm³/mol. The summed E-state index contributed by atoms with van der Waals surface area (Å²) in [5.41, 5.74) is 3.53. The summed E-state index contributed by atoms with van der Waals surface area (Å²) in [7, 11) is 1.66. The van der Waals surface area contributed by atoms with Gasteiger partial charge >= 0.3 is 0 Å². The molecule has 0 bridgehead atoms. The summed E-state index contributed by atoms with van der Waals surface area (Å²) in [5, 5.41) is 14.9. The van der Waals surface area contributed by atoms with Crippen molar-refractivity contribution in [3.05, 3.63) is 23.5 Å². The topological polar surface area (TPSA) is 93.4 Å². The number of benzene rings is 1. The van der Waals surface area contributed by atoms with Gasteiger partial charge in [0.05, 0.1) is 18.1 Å². The van der Waals surface area contributed by atoms with Crippen LogP contribution in [0.2, 0.25) is 0 Å². The molecule has 0 spiro atoms. The van der Waals surface area contributed by atoms with Crippen LogP contribution in [0.3, 0.4) is 0 Å². The average molecular weight is 399 g/mol. The van der Waals surface area contributed by atoms with Gasteiger partial charge in [-0.1, -0.05) is 13.8 Å². The lowest BCUT2D eigenvalue weighted by Crippen LogP contribution is -2.25. The number of rotatable bonds is 9. The Morgan fingerprint density at radius 1 is 1.17 bits per heavy atom. The van der Waals surface area contributed by atoms with Crippen LogP contribution >= 0.6 is 0 Å². The molecule has 2 N–H and O–H groups in total. The number of carbonyl (C=O) groups is 1. The molecule has 0 aliphatic rings. The van der Waals surface area contributed by atoms with Crippen molar-refractivity contribution in [1.29, 1.82) is 0 Å². The first-order valence-electron chi connectivity index (χ1n) is 10.1. The van der Waals surface area contributed by atoms with Gasteiger partial charge < -0.3 is 15.4 Å². The van der Waals surface area contributed by atoms with Crippen LogP contribution in [0.25, 0.3) is 16.7 Å². The van der Waals surface area contributed by atoms with Gasteiger partial charge in [0.2, 0.25) is 11.6 Å². The van der Waals surface area contributed by atoms with E-state index in [0.717, 1.165) is 47.6 Å². The lowest BCUT2D eigenvalue weighted by molar-refractivity contribution is -0.121. The van der Waals surface area contributed by atoms with Crippen molar-refractivity contribution < 1.29 is 9.53 Å². The van der Waals surface area contributed by atoms with E-state index in [1.54, 1.807) is 7.11 Å². The maximum Gasteiger partial charge on any atom is 0.220 e. The number of fused-ring (bicyclic) bond motifs is 3. The largest absolute Gasteiger partial charge is 0.496 e. The van der Waals surface area contributed by atoms with E-state index in [9.17, 15) is 4.79 Å². The van der Waals surface area contributed by atoms with Crippen molar-refractivity contribution >= 4 is 28.4 Å². The Bertz CT molecular complexity index is 1010. The molecule has 0 aliphatic heterocycles. The van der Waals surface area contributed by atoms with E-state index in [1.807, 2.05) is 44.2 Å². The zero-order valence-corrected chi connectivity index (χ0v) is 17.9. The number of methoxy groups -OCH3 is 1. The monoisotopic (exact) mass is 398 g/mol. The smallest absolute Gasteiger partial charge is 0.220 e. The van der Waals surface area contributed by atoms with Crippen molar-refractivity contribution in [1.82, 2.24) is 24.9 Å². The van der Waals surface area contributed by atoms with E-state index in [4.69, 9.17) is 9.72 Å². The van der Waals surface area contributed by atoms with Crippen molar-refractivity contribution in [2.75, 3.05) is 25.5 Å². The maximum absolute atomic E-state index is 11.7. The molecule has 0 aliphatic carbocycles. The number of nitrogens with zero attached hydrogens (tertiary/aromatic N) is 4. The number of ether oxygens (including phenoxy) is 1. The number of nitrogens with one attached hydrogen (secondary N) is 2. The molecule has 156 valence electrons. The van der Waals surface area contributed by atoms with Crippen molar-refractivity contribution in [2.24, 2.45) is 5.92 Å². The van der Waals surface area contributed by atoms with Crippen LogP contribution in [0.1, 0.15) is 44.5 Å². The van der Waals surface area contributed by atoms with Crippen LogP contribution in [-0.4, -0.2) is 45.7 Å². The summed E-state index contributed by atoms with van der Waals surface area (Å²) in [6.45, 7) is 9.46. The predicted octanol–water partition coefficient (Wildman–Crippen LogP) is 3.26. The highest BCUT2D eigenvalue weighted by Crippen LogP contribution is 2.27. The molecule has 0 unspecified atom stereocenters. The van der Waals surface area contributed by atoms with E-state index in [0.29, 0.717) is 30.3 Å². The number of amides is 1.